The normalized spacial score (nSPS) is 26.1. The Kier molecular flexibility index (Phi) is 6.34. The molecule has 1 saturated heterocycles. The Labute approximate surface area is 156 Å². The second kappa shape index (κ2) is 8.00. The molecule has 0 radical (unpaired) electrons. The summed E-state index contributed by atoms with van der Waals surface area (Å²) in [6.45, 7) is 4.47. The zero-order valence-electron chi connectivity index (χ0n) is 15.7. The van der Waals surface area contributed by atoms with Crippen molar-refractivity contribution < 1.29 is 32.3 Å². The SMILES string of the molecule is CCCCC(=O)N[C@]1(C(F)(F)F)C(=O)N(C[C@@H]2CCCO2)C(C)=C1C(C)=O. The van der Waals surface area contributed by atoms with Crippen LogP contribution in [-0.4, -0.2) is 53.5 Å². The quantitative estimate of drug-likeness (QED) is 0.725. The molecule has 2 aliphatic heterocycles. The second-order valence-electron chi connectivity index (χ2n) is 6.97. The first-order valence-corrected chi connectivity index (χ1v) is 9.09. The molecule has 27 heavy (non-hydrogen) atoms. The number of carbonyl (C=O) groups is 3. The molecule has 2 atom stereocenters. The fourth-order valence-corrected chi connectivity index (χ4v) is 3.66. The highest BCUT2D eigenvalue weighted by Gasteiger charge is 2.69. The minimum absolute atomic E-state index is 0.0793. The van der Waals surface area contributed by atoms with Crippen LogP contribution < -0.4 is 5.32 Å². The van der Waals surface area contributed by atoms with Crippen LogP contribution in [0.4, 0.5) is 13.2 Å². The van der Waals surface area contributed by atoms with Gasteiger partial charge in [-0.1, -0.05) is 13.3 Å². The van der Waals surface area contributed by atoms with E-state index in [2.05, 4.69) is 0 Å². The molecule has 0 aromatic carbocycles. The maximum absolute atomic E-state index is 14.1. The zero-order valence-corrected chi connectivity index (χ0v) is 15.7. The minimum atomic E-state index is -5.15. The van der Waals surface area contributed by atoms with Crippen LogP contribution in [0, 0.1) is 0 Å². The number of Topliss-reactive ketones (excluding diaryl/α,β-unsaturated/α-hetero) is 1. The number of hydrogen-bond donors (Lipinski definition) is 1. The molecule has 0 bridgehead atoms. The Bertz CT molecular complexity index is 653. The van der Waals surface area contributed by atoms with Gasteiger partial charge in [-0.3, -0.25) is 14.4 Å². The van der Waals surface area contributed by atoms with Crippen molar-refractivity contribution in [1.29, 1.82) is 0 Å². The van der Waals surface area contributed by atoms with Crippen molar-refractivity contribution in [2.24, 2.45) is 0 Å². The van der Waals surface area contributed by atoms with Crippen molar-refractivity contribution in [2.45, 2.75) is 70.7 Å². The van der Waals surface area contributed by atoms with Gasteiger partial charge < -0.3 is 15.0 Å². The smallest absolute Gasteiger partial charge is 0.376 e. The fraction of sp³-hybridized carbons (Fsp3) is 0.722. The minimum Gasteiger partial charge on any atom is -0.376 e. The Morgan fingerprint density at radius 1 is 1.37 bits per heavy atom. The van der Waals surface area contributed by atoms with Gasteiger partial charge in [0.05, 0.1) is 18.2 Å². The van der Waals surface area contributed by atoms with Gasteiger partial charge in [0.25, 0.3) is 5.91 Å². The number of nitrogens with one attached hydrogen (secondary N) is 1. The summed E-state index contributed by atoms with van der Waals surface area (Å²) in [5.74, 6) is -3.16. The summed E-state index contributed by atoms with van der Waals surface area (Å²) in [4.78, 5) is 38.1. The van der Waals surface area contributed by atoms with Gasteiger partial charge in [-0.25, -0.2) is 0 Å². The summed E-state index contributed by atoms with van der Waals surface area (Å²) in [6.07, 6.45) is -3.33. The zero-order chi connectivity index (χ0) is 20.4. The van der Waals surface area contributed by atoms with E-state index in [1.54, 1.807) is 6.92 Å². The van der Waals surface area contributed by atoms with Crippen molar-refractivity contribution in [3.05, 3.63) is 11.3 Å². The van der Waals surface area contributed by atoms with E-state index in [1.807, 2.05) is 5.32 Å². The maximum atomic E-state index is 14.1. The highest BCUT2D eigenvalue weighted by Crippen LogP contribution is 2.45. The molecule has 0 aromatic rings. The lowest BCUT2D eigenvalue weighted by molar-refractivity contribution is -0.194. The molecule has 1 N–H and O–H groups in total. The van der Waals surface area contributed by atoms with Crippen molar-refractivity contribution >= 4 is 17.6 Å². The van der Waals surface area contributed by atoms with Gasteiger partial charge in [0, 0.05) is 18.7 Å². The molecule has 2 rings (SSSR count). The highest BCUT2D eigenvalue weighted by molar-refractivity contribution is 6.12. The van der Waals surface area contributed by atoms with Crippen LogP contribution >= 0.6 is 0 Å². The number of halogens is 3. The third kappa shape index (κ3) is 3.88. The van der Waals surface area contributed by atoms with E-state index in [0.29, 0.717) is 25.9 Å². The summed E-state index contributed by atoms with van der Waals surface area (Å²) in [7, 11) is 0. The summed E-state index contributed by atoms with van der Waals surface area (Å²) >= 11 is 0. The van der Waals surface area contributed by atoms with E-state index in [4.69, 9.17) is 4.74 Å². The van der Waals surface area contributed by atoms with Gasteiger partial charge in [0.2, 0.25) is 11.4 Å². The van der Waals surface area contributed by atoms with E-state index in [0.717, 1.165) is 18.2 Å². The number of hydrogen-bond acceptors (Lipinski definition) is 4. The molecule has 0 unspecified atom stereocenters. The van der Waals surface area contributed by atoms with Crippen LogP contribution in [0.2, 0.25) is 0 Å². The number of unbranched alkanes of at least 4 members (excludes halogenated alkanes) is 1. The van der Waals surface area contributed by atoms with Crippen LogP contribution in [0.25, 0.3) is 0 Å². The van der Waals surface area contributed by atoms with Gasteiger partial charge >= 0.3 is 6.18 Å². The number of nitrogens with zero attached hydrogens (tertiary/aromatic N) is 1. The summed E-state index contributed by atoms with van der Waals surface area (Å²) in [5.41, 5.74) is -4.15. The lowest BCUT2D eigenvalue weighted by Gasteiger charge is -2.33. The molecule has 0 spiro atoms. The molecule has 0 saturated carbocycles. The second-order valence-corrected chi connectivity index (χ2v) is 6.97. The van der Waals surface area contributed by atoms with Gasteiger partial charge in [0.1, 0.15) is 0 Å². The molecule has 2 aliphatic rings. The van der Waals surface area contributed by atoms with Gasteiger partial charge in [-0.2, -0.15) is 13.2 Å². The highest BCUT2D eigenvalue weighted by atomic mass is 19.4. The molecule has 6 nitrogen and oxygen atoms in total. The maximum Gasteiger partial charge on any atom is 0.425 e. The van der Waals surface area contributed by atoms with Gasteiger partial charge in [0.15, 0.2) is 5.78 Å². The molecular formula is C18H25F3N2O4. The number of carbonyl (C=O) groups excluding carboxylic acids is 3. The van der Waals surface area contributed by atoms with E-state index in [-0.39, 0.29) is 18.7 Å². The predicted molar refractivity (Wildman–Crippen MR) is 90.5 cm³/mol. The lowest BCUT2D eigenvalue weighted by Crippen LogP contribution is -2.66. The van der Waals surface area contributed by atoms with Crippen LogP contribution in [0.3, 0.4) is 0 Å². The van der Waals surface area contributed by atoms with Gasteiger partial charge in [-0.15, -0.1) is 0 Å². The van der Waals surface area contributed by atoms with Crippen LogP contribution in [0.5, 0.6) is 0 Å². The first-order valence-electron chi connectivity index (χ1n) is 9.09. The van der Waals surface area contributed by atoms with E-state index < -0.39 is 41.0 Å². The third-order valence-corrected chi connectivity index (χ3v) is 4.98. The molecule has 1 fully saturated rings. The van der Waals surface area contributed by atoms with E-state index >= 15 is 0 Å². The number of amides is 2. The average molecular weight is 390 g/mol. The molecule has 0 aromatic heterocycles. The fourth-order valence-electron chi connectivity index (χ4n) is 3.66. The molecule has 9 heteroatoms. The topological polar surface area (TPSA) is 75.7 Å². The van der Waals surface area contributed by atoms with Crippen molar-refractivity contribution in [2.75, 3.05) is 13.2 Å². The molecule has 0 aliphatic carbocycles. The van der Waals surface area contributed by atoms with E-state index in [1.165, 1.54) is 6.92 Å². The Morgan fingerprint density at radius 3 is 2.52 bits per heavy atom. The lowest BCUT2D eigenvalue weighted by atomic mass is 9.86. The molecule has 152 valence electrons. The Hall–Kier alpha value is -1.90. The van der Waals surface area contributed by atoms with Crippen molar-refractivity contribution in [3.8, 4) is 0 Å². The third-order valence-electron chi connectivity index (χ3n) is 4.98. The van der Waals surface area contributed by atoms with Crippen LogP contribution in [0.15, 0.2) is 11.3 Å². The van der Waals surface area contributed by atoms with Gasteiger partial charge in [-0.05, 0) is 33.1 Å². The average Bonchev–Trinajstić information content (AvgIpc) is 3.14. The largest absolute Gasteiger partial charge is 0.425 e. The predicted octanol–water partition coefficient (Wildman–Crippen LogP) is 2.48. The Balaban J connectivity index is 2.47. The standard InChI is InChI=1S/C18H25F3N2O4/c1-4-5-8-14(25)22-17(18(19,20)21)15(12(3)24)11(2)23(16(17)26)10-13-7-6-9-27-13/h13H,4-10H2,1-3H3,(H,22,25)/t13-,17-/m0/s1. The number of allylic oxidation sites excluding steroid dienone is 1. The molecular weight excluding hydrogens is 365 g/mol. The first kappa shape index (κ1) is 21.4. The number of ether oxygens (including phenoxy) is 1. The molecule has 2 heterocycles. The summed E-state index contributed by atoms with van der Waals surface area (Å²) < 4.78 is 47.8. The number of rotatable bonds is 7. The molecule has 2 amide bonds. The van der Waals surface area contributed by atoms with Crippen molar-refractivity contribution in [1.82, 2.24) is 10.2 Å². The van der Waals surface area contributed by atoms with Crippen molar-refractivity contribution in [3.63, 3.8) is 0 Å². The van der Waals surface area contributed by atoms with E-state index in [9.17, 15) is 27.6 Å². The monoisotopic (exact) mass is 390 g/mol. The van der Waals surface area contributed by atoms with Crippen LogP contribution in [-0.2, 0) is 19.1 Å². The summed E-state index contributed by atoms with van der Waals surface area (Å²) in [6, 6.07) is 0. The van der Waals surface area contributed by atoms with Crippen LogP contribution in [0.1, 0.15) is 52.9 Å². The Morgan fingerprint density at radius 2 is 2.04 bits per heavy atom. The summed E-state index contributed by atoms with van der Waals surface area (Å²) in [5, 5.41) is 1.86. The number of alkyl halides is 3. The first-order chi connectivity index (χ1) is 12.6. The number of ketones is 1.